The van der Waals surface area contributed by atoms with Crippen LogP contribution in [0, 0.1) is 0 Å². The van der Waals surface area contributed by atoms with Gasteiger partial charge in [-0.3, -0.25) is 0 Å². The number of benzene rings is 2. The van der Waals surface area contributed by atoms with Gasteiger partial charge < -0.3 is 15.0 Å². The Kier molecular flexibility index (Phi) is 3.90. The van der Waals surface area contributed by atoms with Crippen molar-refractivity contribution in [3.05, 3.63) is 42.5 Å². The smallest absolute Gasteiger partial charge is 0.345 e. The van der Waals surface area contributed by atoms with Crippen LogP contribution < -0.4 is 5.32 Å². The number of nitrogens with zero attached hydrogens (tertiary/aromatic N) is 1. The van der Waals surface area contributed by atoms with Crippen molar-refractivity contribution in [3.8, 4) is 0 Å². The normalized spacial score (nSPS) is 20.5. The Morgan fingerprint density at radius 1 is 1.22 bits per heavy atom. The number of hydrogen-bond acceptors (Lipinski definition) is 3. The summed E-state index contributed by atoms with van der Waals surface area (Å²) in [7, 11) is 1.14. The first-order valence-corrected chi connectivity index (χ1v) is 7.34. The highest BCUT2D eigenvalue weighted by Gasteiger charge is 2.47. The van der Waals surface area contributed by atoms with Crippen molar-refractivity contribution in [1.82, 2.24) is 4.90 Å². The summed E-state index contributed by atoms with van der Waals surface area (Å²) < 4.78 is 18.9. The molecule has 2 aromatic rings. The zero-order chi connectivity index (χ0) is 16.4. The average molecular weight is 316 g/mol. The van der Waals surface area contributed by atoms with Crippen LogP contribution in [0.5, 0.6) is 0 Å². The molecule has 1 N–H and O–H groups in total. The number of carbonyl (C=O) groups is 2. The number of alkyl halides is 1. The average Bonchev–Trinajstić information content (AvgIpc) is 2.98. The number of fused-ring (bicyclic) bond motifs is 1. The van der Waals surface area contributed by atoms with E-state index < -0.39 is 17.7 Å². The van der Waals surface area contributed by atoms with E-state index in [-0.39, 0.29) is 19.5 Å². The number of amides is 2. The molecule has 2 aromatic carbocycles. The predicted molar refractivity (Wildman–Crippen MR) is 85.0 cm³/mol. The predicted octanol–water partition coefficient (Wildman–Crippen LogP) is 2.96. The molecule has 1 atom stereocenters. The number of ether oxygens (including phenoxy) is 1. The Bertz CT molecular complexity index is 759. The summed E-state index contributed by atoms with van der Waals surface area (Å²) in [4.78, 5) is 25.1. The third-order valence-corrected chi connectivity index (χ3v) is 4.09. The zero-order valence-corrected chi connectivity index (χ0v) is 12.7. The molecule has 0 unspecified atom stereocenters. The molecule has 1 fully saturated rings. The molecule has 1 aliphatic rings. The van der Waals surface area contributed by atoms with Crippen molar-refractivity contribution in [1.29, 1.82) is 0 Å². The Labute approximate surface area is 133 Å². The fraction of sp³-hybridized carbons (Fsp3) is 0.294. The monoisotopic (exact) mass is 316 g/mol. The lowest BCUT2D eigenvalue weighted by Crippen LogP contribution is -2.41. The molecular formula is C17H17FN2O3. The maximum absolute atomic E-state index is 14.4. The number of urea groups is 1. The van der Waals surface area contributed by atoms with Crippen LogP contribution in [0.1, 0.15) is 6.42 Å². The molecule has 1 saturated heterocycles. The van der Waals surface area contributed by atoms with Crippen molar-refractivity contribution in [2.75, 3.05) is 25.5 Å². The maximum Gasteiger partial charge on any atom is 0.345 e. The molecule has 1 heterocycles. The fourth-order valence-corrected chi connectivity index (χ4v) is 2.82. The topological polar surface area (TPSA) is 58.6 Å². The Morgan fingerprint density at radius 3 is 2.74 bits per heavy atom. The van der Waals surface area contributed by atoms with Crippen LogP contribution in [0.2, 0.25) is 0 Å². The SMILES string of the molecule is COC(=O)[C@]1(F)CCN(C(=O)Nc2cccc3ccccc23)C1. The van der Waals surface area contributed by atoms with Gasteiger partial charge in [0.15, 0.2) is 0 Å². The molecule has 6 heteroatoms. The van der Waals surface area contributed by atoms with E-state index in [1.807, 2.05) is 36.4 Å². The molecule has 0 aliphatic carbocycles. The van der Waals surface area contributed by atoms with Gasteiger partial charge in [-0.1, -0.05) is 36.4 Å². The molecule has 23 heavy (non-hydrogen) atoms. The highest BCUT2D eigenvalue weighted by Crippen LogP contribution is 2.28. The minimum atomic E-state index is -2.12. The van der Waals surface area contributed by atoms with Crippen LogP contribution in [-0.4, -0.2) is 42.8 Å². The highest BCUT2D eigenvalue weighted by atomic mass is 19.1. The van der Waals surface area contributed by atoms with Crippen molar-refractivity contribution in [2.24, 2.45) is 0 Å². The maximum atomic E-state index is 14.4. The molecule has 1 aliphatic heterocycles. The summed E-state index contributed by atoms with van der Waals surface area (Å²) in [6.07, 6.45) is -0.0529. The van der Waals surface area contributed by atoms with Crippen LogP contribution in [0.25, 0.3) is 10.8 Å². The number of hydrogen-bond donors (Lipinski definition) is 1. The van der Waals surface area contributed by atoms with E-state index in [1.54, 1.807) is 6.07 Å². The molecule has 120 valence electrons. The van der Waals surface area contributed by atoms with Gasteiger partial charge >= 0.3 is 12.0 Å². The molecule has 0 spiro atoms. The largest absolute Gasteiger partial charge is 0.467 e. The summed E-state index contributed by atoms with van der Waals surface area (Å²) in [6.45, 7) is -0.127. The molecule has 0 bridgehead atoms. The van der Waals surface area contributed by atoms with E-state index in [2.05, 4.69) is 10.1 Å². The highest BCUT2D eigenvalue weighted by molar-refractivity contribution is 6.01. The van der Waals surface area contributed by atoms with E-state index in [1.165, 1.54) is 4.90 Å². The lowest BCUT2D eigenvalue weighted by molar-refractivity contribution is -0.153. The van der Waals surface area contributed by atoms with E-state index in [0.717, 1.165) is 17.9 Å². The van der Waals surface area contributed by atoms with Crippen molar-refractivity contribution < 1.29 is 18.7 Å². The number of carbonyl (C=O) groups excluding carboxylic acids is 2. The van der Waals surface area contributed by atoms with Gasteiger partial charge in [0.05, 0.1) is 19.3 Å². The number of anilines is 1. The Hall–Kier alpha value is -2.63. The van der Waals surface area contributed by atoms with Gasteiger partial charge in [0.1, 0.15) is 0 Å². The van der Waals surface area contributed by atoms with Gasteiger partial charge in [0, 0.05) is 18.4 Å². The third kappa shape index (κ3) is 2.84. The van der Waals surface area contributed by atoms with Crippen molar-refractivity contribution in [2.45, 2.75) is 12.1 Å². The van der Waals surface area contributed by atoms with E-state index >= 15 is 0 Å². The van der Waals surface area contributed by atoms with E-state index in [9.17, 15) is 14.0 Å². The standard InChI is InChI=1S/C17H17FN2O3/c1-23-15(21)17(18)9-10-20(11-17)16(22)19-14-8-4-6-12-5-2-3-7-13(12)14/h2-8H,9-11H2,1H3,(H,19,22)/t17-/m0/s1. The summed E-state index contributed by atoms with van der Waals surface area (Å²) in [5, 5.41) is 4.70. The number of halogens is 1. The van der Waals surface area contributed by atoms with Gasteiger partial charge in [-0.25, -0.2) is 14.0 Å². The molecule has 0 saturated carbocycles. The first-order valence-electron chi connectivity index (χ1n) is 7.34. The lowest BCUT2D eigenvalue weighted by Gasteiger charge is -2.20. The Morgan fingerprint density at radius 2 is 1.96 bits per heavy atom. The van der Waals surface area contributed by atoms with E-state index in [0.29, 0.717) is 5.69 Å². The van der Waals surface area contributed by atoms with Gasteiger partial charge in [-0.05, 0) is 11.5 Å². The quantitative estimate of drug-likeness (QED) is 0.867. The summed E-state index contributed by atoms with van der Waals surface area (Å²) >= 11 is 0. The molecule has 0 radical (unpaired) electrons. The Balaban J connectivity index is 1.76. The van der Waals surface area contributed by atoms with Crippen LogP contribution >= 0.6 is 0 Å². The summed E-state index contributed by atoms with van der Waals surface area (Å²) in [5.74, 6) is -0.932. The van der Waals surface area contributed by atoms with Crippen LogP contribution in [0.3, 0.4) is 0 Å². The molecule has 0 aromatic heterocycles. The van der Waals surface area contributed by atoms with Gasteiger partial charge in [0.25, 0.3) is 0 Å². The zero-order valence-electron chi connectivity index (χ0n) is 12.7. The molecule has 3 rings (SSSR count). The van der Waals surface area contributed by atoms with Crippen LogP contribution in [-0.2, 0) is 9.53 Å². The van der Waals surface area contributed by atoms with Gasteiger partial charge in [-0.15, -0.1) is 0 Å². The minimum Gasteiger partial charge on any atom is -0.467 e. The summed E-state index contributed by atoms with van der Waals surface area (Å²) in [5.41, 5.74) is -1.47. The van der Waals surface area contributed by atoms with Crippen LogP contribution in [0.4, 0.5) is 14.9 Å². The van der Waals surface area contributed by atoms with E-state index in [4.69, 9.17) is 0 Å². The molecule has 2 amide bonds. The second-order valence-electron chi connectivity index (χ2n) is 5.59. The van der Waals surface area contributed by atoms with Gasteiger partial charge in [-0.2, -0.15) is 0 Å². The number of esters is 1. The van der Waals surface area contributed by atoms with Crippen molar-refractivity contribution >= 4 is 28.5 Å². The van der Waals surface area contributed by atoms with Crippen LogP contribution in [0.15, 0.2) is 42.5 Å². The van der Waals surface area contributed by atoms with Crippen molar-refractivity contribution in [3.63, 3.8) is 0 Å². The first kappa shape index (κ1) is 15.3. The number of likely N-dealkylation sites (tertiary alicyclic amines) is 1. The number of nitrogens with one attached hydrogen (secondary N) is 1. The second kappa shape index (κ2) is 5.87. The molecular weight excluding hydrogens is 299 g/mol. The lowest BCUT2D eigenvalue weighted by atomic mass is 10.1. The fourth-order valence-electron chi connectivity index (χ4n) is 2.82. The summed E-state index contributed by atoms with van der Waals surface area (Å²) in [6, 6.07) is 12.8. The number of methoxy groups -OCH3 is 1. The third-order valence-electron chi connectivity index (χ3n) is 4.09. The van der Waals surface area contributed by atoms with Gasteiger partial charge in [0.2, 0.25) is 5.67 Å². The molecule has 5 nitrogen and oxygen atoms in total. The number of rotatable bonds is 2. The second-order valence-corrected chi connectivity index (χ2v) is 5.59. The minimum absolute atomic E-state index is 0.0529. The first-order chi connectivity index (χ1) is 11.0.